The lowest BCUT2D eigenvalue weighted by Gasteiger charge is -2.29. The second kappa shape index (κ2) is 9.77. The van der Waals surface area contributed by atoms with E-state index in [9.17, 15) is 9.59 Å². The van der Waals surface area contributed by atoms with Gasteiger partial charge >= 0.3 is 0 Å². The van der Waals surface area contributed by atoms with E-state index in [1.54, 1.807) is 4.90 Å². The van der Waals surface area contributed by atoms with Crippen LogP contribution >= 0.6 is 0 Å². The largest absolute Gasteiger partial charge is 0.345 e. The van der Waals surface area contributed by atoms with Crippen molar-refractivity contribution in [3.05, 3.63) is 59.9 Å². The van der Waals surface area contributed by atoms with Crippen LogP contribution in [-0.2, 0) is 22.7 Å². The van der Waals surface area contributed by atoms with Crippen LogP contribution < -0.4 is 0 Å². The summed E-state index contributed by atoms with van der Waals surface area (Å²) in [5, 5.41) is 0. The molecule has 1 aromatic carbocycles. The molecule has 0 unspecified atom stereocenters. The fraction of sp³-hybridized carbons (Fsp3) is 0.500. The molecular weight excluding hydrogens is 362 g/mol. The van der Waals surface area contributed by atoms with Gasteiger partial charge in [0.15, 0.2) is 0 Å². The van der Waals surface area contributed by atoms with Crippen LogP contribution in [0, 0.1) is 5.92 Å². The first-order valence-corrected chi connectivity index (χ1v) is 10.8. The van der Waals surface area contributed by atoms with E-state index in [0.717, 1.165) is 31.5 Å². The number of hydrogen-bond acceptors (Lipinski definition) is 2. The van der Waals surface area contributed by atoms with Crippen LogP contribution in [-0.4, -0.2) is 45.3 Å². The van der Waals surface area contributed by atoms with E-state index in [1.807, 2.05) is 49.9 Å². The molecule has 3 rings (SSSR count). The summed E-state index contributed by atoms with van der Waals surface area (Å²) in [6.07, 6.45) is 5.03. The summed E-state index contributed by atoms with van der Waals surface area (Å²) in [6, 6.07) is 14.8. The average Bonchev–Trinajstić information content (AvgIpc) is 3.46. The lowest BCUT2D eigenvalue weighted by molar-refractivity contribution is -0.143. The van der Waals surface area contributed by atoms with Gasteiger partial charge in [0.05, 0.1) is 13.1 Å². The second-order valence-corrected chi connectivity index (χ2v) is 8.28. The molecule has 0 atom stereocenters. The van der Waals surface area contributed by atoms with Crippen LogP contribution in [0.2, 0.25) is 0 Å². The van der Waals surface area contributed by atoms with E-state index in [4.69, 9.17) is 0 Å². The number of amides is 2. The normalized spacial score (nSPS) is 13.5. The van der Waals surface area contributed by atoms with Gasteiger partial charge in [-0.05, 0) is 37.0 Å². The number of benzene rings is 1. The molecule has 156 valence electrons. The third-order valence-electron chi connectivity index (χ3n) is 5.38. The summed E-state index contributed by atoms with van der Waals surface area (Å²) in [5.41, 5.74) is 2.37. The zero-order valence-corrected chi connectivity index (χ0v) is 17.9. The number of hydrogen-bond donors (Lipinski definition) is 0. The molecule has 5 heteroatoms. The molecule has 1 aliphatic rings. The lowest BCUT2D eigenvalue weighted by atomic mass is 10.2. The monoisotopic (exact) mass is 395 g/mol. The Balaban J connectivity index is 1.70. The van der Waals surface area contributed by atoms with Crippen LogP contribution in [0.1, 0.15) is 51.3 Å². The fourth-order valence-corrected chi connectivity index (χ4v) is 3.67. The maximum absolute atomic E-state index is 13.2. The molecule has 5 nitrogen and oxygen atoms in total. The van der Waals surface area contributed by atoms with Gasteiger partial charge < -0.3 is 14.4 Å². The fourth-order valence-electron chi connectivity index (χ4n) is 3.67. The van der Waals surface area contributed by atoms with Crippen molar-refractivity contribution in [3.63, 3.8) is 0 Å². The number of rotatable bonds is 10. The zero-order valence-electron chi connectivity index (χ0n) is 17.9. The minimum Gasteiger partial charge on any atom is -0.345 e. The number of carbonyl (C=O) groups is 2. The Labute approximate surface area is 174 Å². The summed E-state index contributed by atoms with van der Waals surface area (Å²) < 4.78 is 2.21. The van der Waals surface area contributed by atoms with E-state index in [-0.39, 0.29) is 24.3 Å². The quantitative estimate of drug-likeness (QED) is 0.612. The predicted octanol–water partition coefficient (Wildman–Crippen LogP) is 3.92. The minimum absolute atomic E-state index is 0.0578. The molecule has 1 heterocycles. The second-order valence-electron chi connectivity index (χ2n) is 8.28. The highest BCUT2D eigenvalue weighted by molar-refractivity contribution is 5.86. The zero-order chi connectivity index (χ0) is 20.8. The van der Waals surface area contributed by atoms with E-state index in [2.05, 4.69) is 29.0 Å². The summed E-state index contributed by atoms with van der Waals surface area (Å²) in [4.78, 5) is 29.4. The molecule has 1 aromatic heterocycles. The minimum atomic E-state index is -0.0909. The Hall–Kier alpha value is -2.56. The highest BCUT2D eigenvalue weighted by atomic mass is 16.2. The Bertz CT molecular complexity index is 809. The first-order valence-electron chi connectivity index (χ1n) is 10.8. The van der Waals surface area contributed by atoms with E-state index < -0.39 is 0 Å². The Morgan fingerprint density at radius 1 is 1.10 bits per heavy atom. The molecular formula is C24H33N3O2. The molecule has 1 fully saturated rings. The molecule has 29 heavy (non-hydrogen) atoms. The third-order valence-corrected chi connectivity index (χ3v) is 5.38. The van der Waals surface area contributed by atoms with Crippen molar-refractivity contribution in [1.29, 1.82) is 0 Å². The van der Waals surface area contributed by atoms with Crippen LogP contribution in [0.25, 0.3) is 0 Å². The van der Waals surface area contributed by atoms with Gasteiger partial charge in [0.2, 0.25) is 11.8 Å². The molecule has 0 aliphatic heterocycles. The van der Waals surface area contributed by atoms with Gasteiger partial charge in [-0.3, -0.25) is 9.59 Å². The van der Waals surface area contributed by atoms with Crippen LogP contribution in [0.4, 0.5) is 0 Å². The van der Waals surface area contributed by atoms with Crippen molar-refractivity contribution >= 4 is 11.8 Å². The van der Waals surface area contributed by atoms with E-state index in [0.29, 0.717) is 19.1 Å². The van der Waals surface area contributed by atoms with Crippen molar-refractivity contribution in [3.8, 4) is 0 Å². The van der Waals surface area contributed by atoms with Crippen molar-refractivity contribution in [1.82, 2.24) is 14.4 Å². The first-order chi connectivity index (χ1) is 14.0. The van der Waals surface area contributed by atoms with E-state index in [1.165, 1.54) is 5.56 Å². The van der Waals surface area contributed by atoms with Crippen molar-refractivity contribution in [2.75, 3.05) is 13.1 Å². The lowest BCUT2D eigenvalue weighted by Crippen LogP contribution is -2.45. The van der Waals surface area contributed by atoms with Crippen LogP contribution in [0.5, 0.6) is 0 Å². The Morgan fingerprint density at radius 2 is 1.83 bits per heavy atom. The first kappa shape index (κ1) is 21.2. The van der Waals surface area contributed by atoms with Crippen molar-refractivity contribution in [2.24, 2.45) is 5.92 Å². The molecule has 0 bridgehead atoms. The average molecular weight is 396 g/mol. The van der Waals surface area contributed by atoms with Gasteiger partial charge in [-0.25, -0.2) is 0 Å². The van der Waals surface area contributed by atoms with Gasteiger partial charge in [0.25, 0.3) is 0 Å². The molecule has 0 spiro atoms. The Kier molecular flexibility index (Phi) is 7.13. The maximum atomic E-state index is 13.2. The third kappa shape index (κ3) is 5.72. The highest BCUT2D eigenvalue weighted by Crippen LogP contribution is 2.29. The van der Waals surface area contributed by atoms with E-state index >= 15 is 0 Å². The number of carbonyl (C=O) groups excluding carboxylic acids is 2. The standard InChI is InChI=1S/C24H33N3O2/c1-4-14-26(24(29)19(2)3)18-23(28)27(21-12-13-21)17-22-11-8-15-25(22)16-20-9-6-5-7-10-20/h5-11,15,19,21H,4,12-14,16-18H2,1-3H3. The topological polar surface area (TPSA) is 45.6 Å². The van der Waals surface area contributed by atoms with Gasteiger partial charge in [-0.2, -0.15) is 0 Å². The summed E-state index contributed by atoms with van der Waals surface area (Å²) in [7, 11) is 0. The molecule has 0 saturated heterocycles. The molecule has 0 radical (unpaired) electrons. The van der Waals surface area contributed by atoms with Crippen LogP contribution in [0.3, 0.4) is 0 Å². The van der Waals surface area contributed by atoms with Crippen molar-refractivity contribution in [2.45, 2.75) is 59.2 Å². The molecule has 2 amide bonds. The number of nitrogens with zero attached hydrogens (tertiary/aromatic N) is 3. The summed E-state index contributed by atoms with van der Waals surface area (Å²) >= 11 is 0. The molecule has 2 aromatic rings. The number of aromatic nitrogens is 1. The SMILES string of the molecule is CCCN(CC(=O)N(Cc1cccn1Cc1ccccc1)C1CC1)C(=O)C(C)C. The molecule has 0 N–H and O–H groups in total. The molecule has 1 saturated carbocycles. The maximum Gasteiger partial charge on any atom is 0.242 e. The molecule has 1 aliphatic carbocycles. The Morgan fingerprint density at radius 3 is 2.45 bits per heavy atom. The van der Waals surface area contributed by atoms with Gasteiger partial charge in [0.1, 0.15) is 0 Å². The van der Waals surface area contributed by atoms with Gasteiger partial charge in [-0.1, -0.05) is 51.1 Å². The van der Waals surface area contributed by atoms with Gasteiger partial charge in [-0.15, -0.1) is 0 Å². The smallest absolute Gasteiger partial charge is 0.242 e. The van der Waals surface area contributed by atoms with Gasteiger partial charge in [0, 0.05) is 36.9 Å². The van der Waals surface area contributed by atoms with Crippen LogP contribution in [0.15, 0.2) is 48.7 Å². The summed E-state index contributed by atoms with van der Waals surface area (Å²) in [5.74, 6) is 0.0256. The van der Waals surface area contributed by atoms with Crippen molar-refractivity contribution < 1.29 is 9.59 Å². The summed E-state index contributed by atoms with van der Waals surface area (Å²) in [6.45, 7) is 8.03. The predicted molar refractivity (Wildman–Crippen MR) is 115 cm³/mol. The highest BCUT2D eigenvalue weighted by Gasteiger charge is 2.34.